The fourth-order valence-corrected chi connectivity index (χ4v) is 2.35. The number of ether oxygens (including phenoxy) is 1. The maximum atomic E-state index is 11.5. The lowest BCUT2D eigenvalue weighted by Gasteiger charge is -2.15. The van der Waals surface area contributed by atoms with E-state index in [0.29, 0.717) is 28.0 Å². The number of amidine groups is 1. The molecule has 0 N–H and O–H groups in total. The third-order valence-electron chi connectivity index (χ3n) is 3.58. The summed E-state index contributed by atoms with van der Waals surface area (Å²) in [4.78, 5) is 25.7. The van der Waals surface area contributed by atoms with Gasteiger partial charge in [-0.3, -0.25) is 14.7 Å². The second-order valence-electron chi connectivity index (χ2n) is 5.14. The Morgan fingerprint density at radius 2 is 2.04 bits per heavy atom. The lowest BCUT2D eigenvalue weighted by molar-refractivity contribution is -0.124. The average Bonchev–Trinajstić information content (AvgIpc) is 2.88. The molecule has 0 bridgehead atoms. The predicted molar refractivity (Wildman–Crippen MR) is 87.8 cm³/mol. The van der Waals surface area contributed by atoms with Crippen molar-refractivity contribution in [2.45, 2.75) is 6.92 Å². The molecule has 7 heteroatoms. The molecule has 1 aromatic carbocycles. The van der Waals surface area contributed by atoms with Gasteiger partial charge in [0.15, 0.2) is 5.82 Å². The van der Waals surface area contributed by atoms with Crippen LogP contribution in [0.25, 0.3) is 11.4 Å². The number of halogens is 1. The maximum Gasteiger partial charge on any atom is 0.249 e. The Hall–Kier alpha value is -2.47. The monoisotopic (exact) mass is 330 g/mol. The van der Waals surface area contributed by atoms with Crippen LogP contribution in [-0.4, -0.2) is 46.8 Å². The first-order valence-corrected chi connectivity index (χ1v) is 7.44. The smallest absolute Gasteiger partial charge is 0.249 e. The van der Waals surface area contributed by atoms with E-state index in [4.69, 9.17) is 16.3 Å². The number of nitrogens with zero attached hydrogens (tertiary/aromatic N) is 4. The zero-order valence-corrected chi connectivity index (χ0v) is 13.5. The first-order valence-electron chi connectivity index (χ1n) is 7.06. The molecule has 0 aliphatic carbocycles. The summed E-state index contributed by atoms with van der Waals surface area (Å²) in [5, 5.41) is 0.616. The minimum atomic E-state index is -0.0393. The molecule has 23 heavy (non-hydrogen) atoms. The van der Waals surface area contributed by atoms with Gasteiger partial charge >= 0.3 is 0 Å². The summed E-state index contributed by atoms with van der Waals surface area (Å²) in [5.74, 6) is 1.70. The predicted octanol–water partition coefficient (Wildman–Crippen LogP) is 2.35. The Kier molecular flexibility index (Phi) is 4.25. The number of aryl methyl sites for hydroxylation is 1. The zero-order valence-electron chi connectivity index (χ0n) is 12.8. The highest BCUT2D eigenvalue weighted by atomic mass is 35.5. The van der Waals surface area contributed by atoms with Crippen LogP contribution in [0.1, 0.15) is 5.56 Å². The van der Waals surface area contributed by atoms with Crippen molar-refractivity contribution in [2.75, 3.05) is 20.2 Å². The number of aliphatic imine (C=N–C) groups is 1. The van der Waals surface area contributed by atoms with E-state index in [0.717, 1.165) is 5.56 Å². The maximum absolute atomic E-state index is 11.5. The molecular formula is C16H15ClN4O2. The molecule has 0 saturated heterocycles. The second-order valence-corrected chi connectivity index (χ2v) is 5.55. The van der Waals surface area contributed by atoms with E-state index in [-0.39, 0.29) is 19.1 Å². The van der Waals surface area contributed by atoms with Crippen LogP contribution in [-0.2, 0) is 4.79 Å². The Morgan fingerprint density at radius 3 is 2.70 bits per heavy atom. The summed E-state index contributed by atoms with van der Waals surface area (Å²) >= 11 is 6.22. The largest absolute Gasteiger partial charge is 0.485 e. The van der Waals surface area contributed by atoms with Gasteiger partial charge < -0.3 is 4.74 Å². The number of hydrogen-bond acceptors (Lipinski definition) is 5. The molecule has 1 aromatic heterocycles. The number of hydrogen-bond donors (Lipinski definition) is 0. The minimum Gasteiger partial charge on any atom is -0.485 e. The molecule has 6 nitrogen and oxygen atoms in total. The lowest BCUT2D eigenvalue weighted by Crippen LogP contribution is -2.31. The molecule has 118 valence electrons. The number of carbonyl (C=O) groups excluding carboxylic acids is 1. The van der Waals surface area contributed by atoms with Crippen molar-refractivity contribution in [1.29, 1.82) is 0 Å². The molecule has 0 unspecified atom stereocenters. The van der Waals surface area contributed by atoms with E-state index in [2.05, 4.69) is 15.0 Å². The first kappa shape index (κ1) is 15.4. The zero-order chi connectivity index (χ0) is 16.4. The Bertz CT molecular complexity index is 777. The topological polar surface area (TPSA) is 67.7 Å². The Balaban J connectivity index is 1.89. The van der Waals surface area contributed by atoms with Crippen LogP contribution in [0, 0.1) is 6.92 Å². The van der Waals surface area contributed by atoms with Gasteiger partial charge in [0.25, 0.3) is 0 Å². The van der Waals surface area contributed by atoms with E-state index < -0.39 is 0 Å². The fourth-order valence-electron chi connectivity index (χ4n) is 2.19. The molecule has 0 spiro atoms. The molecule has 2 aromatic rings. The Labute approximate surface area is 138 Å². The molecule has 0 saturated carbocycles. The van der Waals surface area contributed by atoms with Crippen molar-refractivity contribution < 1.29 is 9.53 Å². The molecule has 1 amide bonds. The fraction of sp³-hybridized carbons (Fsp3) is 0.250. The summed E-state index contributed by atoms with van der Waals surface area (Å²) < 4.78 is 5.87. The highest BCUT2D eigenvalue weighted by molar-refractivity contribution is 6.31. The van der Waals surface area contributed by atoms with Gasteiger partial charge in [-0.05, 0) is 30.7 Å². The van der Waals surface area contributed by atoms with Gasteiger partial charge in [0, 0.05) is 24.5 Å². The number of aromatic nitrogens is 2. The van der Waals surface area contributed by atoms with Crippen LogP contribution < -0.4 is 4.74 Å². The number of likely N-dealkylation sites (N-methyl/N-ethyl adjacent to an activating group) is 1. The molecule has 1 aliphatic rings. The van der Waals surface area contributed by atoms with Gasteiger partial charge in [0.05, 0.1) is 5.56 Å². The van der Waals surface area contributed by atoms with Gasteiger partial charge in [0.1, 0.15) is 24.7 Å². The molecular weight excluding hydrogens is 316 g/mol. The van der Waals surface area contributed by atoms with Gasteiger partial charge in [-0.2, -0.15) is 0 Å². The van der Waals surface area contributed by atoms with Gasteiger partial charge in [-0.1, -0.05) is 11.6 Å². The van der Waals surface area contributed by atoms with Crippen molar-refractivity contribution in [3.8, 4) is 17.1 Å². The molecule has 0 fully saturated rings. The molecule has 0 radical (unpaired) electrons. The summed E-state index contributed by atoms with van der Waals surface area (Å²) in [6, 6.07) is 5.37. The minimum absolute atomic E-state index is 0.0393. The first-order chi connectivity index (χ1) is 11.1. The standard InChI is InChI=1S/C16H15ClN4O2/c1-10-6-13(23-9-14-20-8-15(22)21(14)2)11(7-12(10)17)16-18-4-3-5-19-16/h3-7H,8-9H2,1-2H3. The van der Waals surface area contributed by atoms with Gasteiger partial charge in [0.2, 0.25) is 5.91 Å². The van der Waals surface area contributed by atoms with E-state index >= 15 is 0 Å². The number of carbonyl (C=O) groups is 1. The molecule has 3 rings (SSSR count). The van der Waals surface area contributed by atoms with Crippen molar-refractivity contribution >= 4 is 23.3 Å². The highest BCUT2D eigenvalue weighted by Gasteiger charge is 2.22. The van der Waals surface area contributed by atoms with Crippen LogP contribution >= 0.6 is 11.6 Å². The van der Waals surface area contributed by atoms with Crippen molar-refractivity contribution in [3.63, 3.8) is 0 Å². The quantitative estimate of drug-likeness (QED) is 0.863. The number of amides is 1. The van der Waals surface area contributed by atoms with Crippen LogP contribution in [0.5, 0.6) is 5.75 Å². The average molecular weight is 331 g/mol. The number of rotatable bonds is 4. The molecule has 1 aliphatic heterocycles. The summed E-state index contributed by atoms with van der Waals surface area (Å²) in [5.41, 5.74) is 1.59. The van der Waals surface area contributed by atoms with Crippen LogP contribution in [0.2, 0.25) is 5.02 Å². The lowest BCUT2D eigenvalue weighted by atomic mass is 10.1. The summed E-state index contributed by atoms with van der Waals surface area (Å²) in [7, 11) is 1.69. The van der Waals surface area contributed by atoms with E-state index in [9.17, 15) is 4.79 Å². The Morgan fingerprint density at radius 1 is 1.30 bits per heavy atom. The van der Waals surface area contributed by atoms with Crippen LogP contribution in [0.4, 0.5) is 0 Å². The normalized spacial score (nSPS) is 14.1. The highest BCUT2D eigenvalue weighted by Crippen LogP contribution is 2.33. The van der Waals surface area contributed by atoms with E-state index in [1.54, 1.807) is 31.6 Å². The molecule has 2 heterocycles. The van der Waals surface area contributed by atoms with E-state index in [1.807, 2.05) is 13.0 Å². The van der Waals surface area contributed by atoms with E-state index in [1.165, 1.54) is 4.90 Å². The third kappa shape index (κ3) is 3.17. The van der Waals surface area contributed by atoms with Crippen molar-refractivity contribution in [1.82, 2.24) is 14.9 Å². The summed E-state index contributed by atoms with van der Waals surface area (Å²) in [6.07, 6.45) is 3.32. The third-order valence-corrected chi connectivity index (χ3v) is 3.99. The SMILES string of the molecule is Cc1cc(OCC2=NCC(=O)N2C)c(-c2ncccn2)cc1Cl. The molecule has 0 atom stereocenters. The van der Waals surface area contributed by atoms with Crippen LogP contribution in [0.15, 0.2) is 35.6 Å². The van der Waals surface area contributed by atoms with Gasteiger partial charge in [-0.25, -0.2) is 9.97 Å². The van der Waals surface area contributed by atoms with Crippen LogP contribution in [0.3, 0.4) is 0 Å². The van der Waals surface area contributed by atoms with Crippen molar-refractivity contribution in [3.05, 3.63) is 41.2 Å². The summed E-state index contributed by atoms with van der Waals surface area (Å²) in [6.45, 7) is 2.26. The van der Waals surface area contributed by atoms with Gasteiger partial charge in [-0.15, -0.1) is 0 Å². The second kappa shape index (κ2) is 6.34. The van der Waals surface area contributed by atoms with Crippen molar-refractivity contribution in [2.24, 2.45) is 4.99 Å². The number of benzene rings is 1.